The third kappa shape index (κ3) is 3.49. The highest BCUT2D eigenvalue weighted by Gasteiger charge is 2.24. The third-order valence-corrected chi connectivity index (χ3v) is 2.39. The molecule has 1 amide bonds. The van der Waals surface area contributed by atoms with Gasteiger partial charge in [0.1, 0.15) is 11.6 Å². The second kappa shape index (κ2) is 5.34. The van der Waals surface area contributed by atoms with Gasteiger partial charge in [0.15, 0.2) is 0 Å². The van der Waals surface area contributed by atoms with Crippen LogP contribution in [0.2, 0.25) is 0 Å². The van der Waals surface area contributed by atoms with E-state index in [2.05, 4.69) is 10.1 Å². The SMILES string of the molecule is COC(=O)c1cc(NC(=O)C(C)(C)C)c(F)cc1F. The van der Waals surface area contributed by atoms with E-state index in [0.29, 0.717) is 6.07 Å². The van der Waals surface area contributed by atoms with E-state index in [1.54, 1.807) is 20.8 Å². The highest BCUT2D eigenvalue weighted by molar-refractivity contribution is 5.97. The van der Waals surface area contributed by atoms with Crippen LogP contribution in [0.25, 0.3) is 0 Å². The van der Waals surface area contributed by atoms with Gasteiger partial charge >= 0.3 is 5.97 Å². The minimum atomic E-state index is -1.04. The van der Waals surface area contributed by atoms with Crippen LogP contribution in [0.5, 0.6) is 0 Å². The maximum Gasteiger partial charge on any atom is 0.340 e. The molecule has 0 aliphatic carbocycles. The number of carbonyl (C=O) groups excluding carboxylic acids is 2. The molecule has 0 fully saturated rings. The molecule has 104 valence electrons. The summed E-state index contributed by atoms with van der Waals surface area (Å²) in [6, 6.07) is 1.45. The molecule has 0 spiro atoms. The van der Waals surface area contributed by atoms with Crippen LogP contribution in [0.1, 0.15) is 31.1 Å². The molecule has 0 unspecified atom stereocenters. The number of hydrogen-bond donors (Lipinski definition) is 1. The Balaban J connectivity index is 3.15. The van der Waals surface area contributed by atoms with Crippen LogP contribution in [-0.2, 0) is 9.53 Å². The van der Waals surface area contributed by atoms with Crippen LogP contribution in [0.3, 0.4) is 0 Å². The summed E-state index contributed by atoms with van der Waals surface area (Å²) in [6.07, 6.45) is 0. The van der Waals surface area contributed by atoms with Gasteiger partial charge in [0.2, 0.25) is 5.91 Å². The fraction of sp³-hybridized carbons (Fsp3) is 0.385. The lowest BCUT2D eigenvalue weighted by atomic mass is 9.95. The minimum absolute atomic E-state index is 0.262. The van der Waals surface area contributed by atoms with Crippen LogP contribution < -0.4 is 5.32 Å². The second-order valence-electron chi connectivity index (χ2n) is 5.01. The summed E-state index contributed by atoms with van der Waals surface area (Å²) in [5.74, 6) is -3.39. The Hall–Kier alpha value is -1.98. The molecule has 19 heavy (non-hydrogen) atoms. The van der Waals surface area contributed by atoms with Crippen molar-refractivity contribution < 1.29 is 23.1 Å². The lowest BCUT2D eigenvalue weighted by Crippen LogP contribution is -2.28. The quantitative estimate of drug-likeness (QED) is 0.841. The molecule has 1 aromatic carbocycles. The number of anilines is 1. The minimum Gasteiger partial charge on any atom is -0.465 e. The third-order valence-electron chi connectivity index (χ3n) is 2.39. The average molecular weight is 271 g/mol. The van der Waals surface area contributed by atoms with E-state index in [0.717, 1.165) is 13.2 Å². The number of rotatable bonds is 2. The Morgan fingerprint density at radius 2 is 1.74 bits per heavy atom. The Kier molecular flexibility index (Phi) is 4.24. The van der Waals surface area contributed by atoms with Gasteiger partial charge in [-0.2, -0.15) is 0 Å². The normalized spacial score (nSPS) is 11.1. The fourth-order valence-electron chi connectivity index (χ4n) is 1.22. The van der Waals surface area contributed by atoms with Crippen LogP contribution in [0.4, 0.5) is 14.5 Å². The van der Waals surface area contributed by atoms with Gasteiger partial charge in [-0.1, -0.05) is 20.8 Å². The van der Waals surface area contributed by atoms with E-state index >= 15 is 0 Å². The fourth-order valence-corrected chi connectivity index (χ4v) is 1.22. The van der Waals surface area contributed by atoms with Crippen LogP contribution >= 0.6 is 0 Å². The molecular formula is C13H15F2NO3. The van der Waals surface area contributed by atoms with Gasteiger partial charge in [-0.3, -0.25) is 4.79 Å². The van der Waals surface area contributed by atoms with E-state index in [1.807, 2.05) is 0 Å². The molecule has 4 nitrogen and oxygen atoms in total. The largest absolute Gasteiger partial charge is 0.465 e. The standard InChI is InChI=1S/C13H15F2NO3/c1-13(2,3)12(18)16-10-5-7(11(17)19-4)8(14)6-9(10)15/h5-6H,1-4H3,(H,16,18). The maximum absolute atomic E-state index is 13.5. The van der Waals surface area contributed by atoms with Gasteiger partial charge in [-0.25, -0.2) is 13.6 Å². The summed E-state index contributed by atoms with van der Waals surface area (Å²) >= 11 is 0. The van der Waals surface area contributed by atoms with Gasteiger partial charge in [-0.05, 0) is 6.07 Å². The van der Waals surface area contributed by atoms with Crippen molar-refractivity contribution in [1.82, 2.24) is 0 Å². The Morgan fingerprint density at radius 3 is 2.21 bits per heavy atom. The highest BCUT2D eigenvalue weighted by Crippen LogP contribution is 2.23. The van der Waals surface area contributed by atoms with Gasteiger partial charge in [0, 0.05) is 11.5 Å². The van der Waals surface area contributed by atoms with Crippen molar-refractivity contribution in [2.75, 3.05) is 12.4 Å². The first-order valence-electron chi connectivity index (χ1n) is 5.55. The summed E-state index contributed by atoms with van der Waals surface area (Å²) in [4.78, 5) is 23.0. The van der Waals surface area contributed by atoms with Crippen molar-refractivity contribution in [3.05, 3.63) is 29.3 Å². The number of hydrogen-bond acceptors (Lipinski definition) is 3. The predicted octanol–water partition coefficient (Wildman–Crippen LogP) is 2.74. The molecule has 0 aliphatic heterocycles. The summed E-state index contributed by atoms with van der Waals surface area (Å²) in [7, 11) is 1.08. The van der Waals surface area contributed by atoms with Crippen LogP contribution in [0.15, 0.2) is 12.1 Å². The Labute approximate surface area is 109 Å². The summed E-state index contributed by atoms with van der Waals surface area (Å²) < 4.78 is 31.3. The molecule has 0 atom stereocenters. The molecule has 1 aromatic rings. The van der Waals surface area contributed by atoms with E-state index < -0.39 is 34.5 Å². The van der Waals surface area contributed by atoms with Crippen LogP contribution in [0, 0.1) is 17.0 Å². The maximum atomic E-state index is 13.5. The lowest BCUT2D eigenvalue weighted by molar-refractivity contribution is -0.123. The molecule has 1 rings (SSSR count). The molecular weight excluding hydrogens is 256 g/mol. The van der Waals surface area contributed by atoms with Gasteiger partial charge < -0.3 is 10.1 Å². The molecule has 0 bridgehead atoms. The molecule has 1 N–H and O–H groups in total. The topological polar surface area (TPSA) is 55.4 Å². The molecule has 0 aliphatic rings. The van der Waals surface area contributed by atoms with Crippen molar-refractivity contribution in [1.29, 1.82) is 0 Å². The number of nitrogens with one attached hydrogen (secondary N) is 1. The highest BCUT2D eigenvalue weighted by atomic mass is 19.1. The first-order chi connectivity index (χ1) is 8.66. The summed E-state index contributed by atoms with van der Waals surface area (Å²) in [5, 5.41) is 2.31. The molecule has 0 radical (unpaired) electrons. The van der Waals surface area contributed by atoms with Crippen molar-refractivity contribution >= 4 is 17.6 Å². The van der Waals surface area contributed by atoms with Crippen molar-refractivity contribution in [2.45, 2.75) is 20.8 Å². The predicted molar refractivity (Wildman–Crippen MR) is 65.8 cm³/mol. The first kappa shape index (κ1) is 15.1. The van der Waals surface area contributed by atoms with Crippen LogP contribution in [-0.4, -0.2) is 19.0 Å². The molecule has 0 heterocycles. The average Bonchev–Trinajstić information content (AvgIpc) is 2.30. The van der Waals surface area contributed by atoms with Gasteiger partial charge in [-0.15, -0.1) is 0 Å². The number of amides is 1. The zero-order valence-corrected chi connectivity index (χ0v) is 11.1. The molecule has 0 saturated heterocycles. The Bertz CT molecular complexity index is 521. The van der Waals surface area contributed by atoms with E-state index in [1.165, 1.54) is 0 Å². The Morgan fingerprint density at radius 1 is 1.16 bits per heavy atom. The second-order valence-corrected chi connectivity index (χ2v) is 5.01. The zero-order chi connectivity index (χ0) is 14.8. The zero-order valence-electron chi connectivity index (χ0n) is 11.1. The number of carbonyl (C=O) groups is 2. The van der Waals surface area contributed by atoms with Gasteiger partial charge in [0.05, 0.1) is 18.4 Å². The molecule has 0 aromatic heterocycles. The van der Waals surface area contributed by atoms with E-state index in [4.69, 9.17) is 0 Å². The van der Waals surface area contributed by atoms with Gasteiger partial charge in [0.25, 0.3) is 0 Å². The summed E-state index contributed by atoms with van der Waals surface area (Å²) in [6.45, 7) is 4.93. The lowest BCUT2D eigenvalue weighted by Gasteiger charge is -2.18. The number of ether oxygens (including phenoxy) is 1. The van der Waals surface area contributed by atoms with Crippen molar-refractivity contribution in [3.63, 3.8) is 0 Å². The number of esters is 1. The monoisotopic (exact) mass is 271 g/mol. The number of halogens is 2. The van der Waals surface area contributed by atoms with Crippen molar-refractivity contribution in [2.24, 2.45) is 5.41 Å². The number of benzene rings is 1. The van der Waals surface area contributed by atoms with E-state index in [-0.39, 0.29) is 5.69 Å². The first-order valence-corrected chi connectivity index (χ1v) is 5.55. The summed E-state index contributed by atoms with van der Waals surface area (Å²) in [5.41, 5.74) is -1.44. The smallest absolute Gasteiger partial charge is 0.340 e. The molecule has 0 saturated carbocycles. The van der Waals surface area contributed by atoms with Crippen molar-refractivity contribution in [3.8, 4) is 0 Å². The molecule has 6 heteroatoms. The van der Waals surface area contributed by atoms with E-state index in [9.17, 15) is 18.4 Å². The number of methoxy groups -OCH3 is 1.